The molecule has 0 atom stereocenters. The number of hydrogen-bond donors (Lipinski definition) is 0. The first-order valence-corrected chi connectivity index (χ1v) is 5.08. The van der Waals surface area contributed by atoms with Gasteiger partial charge in [0.1, 0.15) is 5.82 Å². The molecule has 0 unspecified atom stereocenters. The van der Waals surface area contributed by atoms with Gasteiger partial charge in [-0.15, -0.1) is 0 Å². The van der Waals surface area contributed by atoms with Gasteiger partial charge < -0.3 is 0 Å². The molecule has 0 N–H and O–H groups in total. The standard InChI is InChI=1S/C13H14N2/c1-10-8-14-13(15-9-10)7-12-6-4-3-5-11(12)2/h3-6,8-9H,7H2,1-2H3. The Morgan fingerprint density at radius 3 is 2.33 bits per heavy atom. The van der Waals surface area contributed by atoms with Gasteiger partial charge in [-0.2, -0.15) is 0 Å². The monoisotopic (exact) mass is 198 g/mol. The first kappa shape index (κ1) is 9.84. The van der Waals surface area contributed by atoms with Gasteiger partial charge in [0.05, 0.1) is 0 Å². The maximum atomic E-state index is 4.30. The van der Waals surface area contributed by atoms with Crippen LogP contribution < -0.4 is 0 Å². The van der Waals surface area contributed by atoms with E-state index < -0.39 is 0 Å². The molecule has 0 aliphatic rings. The van der Waals surface area contributed by atoms with Crippen molar-refractivity contribution < 1.29 is 0 Å². The van der Waals surface area contributed by atoms with E-state index in [4.69, 9.17) is 0 Å². The van der Waals surface area contributed by atoms with Gasteiger partial charge in [0.2, 0.25) is 0 Å². The minimum Gasteiger partial charge on any atom is -0.241 e. The van der Waals surface area contributed by atoms with Crippen molar-refractivity contribution >= 4 is 0 Å². The van der Waals surface area contributed by atoms with Crippen molar-refractivity contribution in [1.82, 2.24) is 9.97 Å². The molecule has 0 amide bonds. The molecule has 0 radical (unpaired) electrons. The molecular weight excluding hydrogens is 184 g/mol. The topological polar surface area (TPSA) is 25.8 Å². The van der Waals surface area contributed by atoms with Gasteiger partial charge in [-0.25, -0.2) is 9.97 Å². The molecule has 1 heterocycles. The minimum absolute atomic E-state index is 0.812. The Morgan fingerprint density at radius 1 is 1.00 bits per heavy atom. The average Bonchev–Trinajstić information content (AvgIpc) is 2.25. The van der Waals surface area contributed by atoms with Crippen molar-refractivity contribution in [2.75, 3.05) is 0 Å². The van der Waals surface area contributed by atoms with Crippen molar-refractivity contribution in [2.24, 2.45) is 0 Å². The Hall–Kier alpha value is -1.70. The van der Waals surface area contributed by atoms with Crippen LogP contribution in [0.1, 0.15) is 22.5 Å². The first-order valence-electron chi connectivity index (χ1n) is 5.08. The van der Waals surface area contributed by atoms with E-state index in [1.54, 1.807) is 0 Å². The summed E-state index contributed by atoms with van der Waals surface area (Å²) in [6.07, 6.45) is 4.54. The summed E-state index contributed by atoms with van der Waals surface area (Å²) in [5.74, 6) is 0.884. The quantitative estimate of drug-likeness (QED) is 0.741. The summed E-state index contributed by atoms with van der Waals surface area (Å²) in [7, 11) is 0. The highest BCUT2D eigenvalue weighted by Gasteiger charge is 2.00. The van der Waals surface area contributed by atoms with Crippen molar-refractivity contribution in [2.45, 2.75) is 20.3 Å². The number of benzene rings is 1. The van der Waals surface area contributed by atoms with Crippen LogP contribution in [0.2, 0.25) is 0 Å². The molecule has 0 saturated carbocycles. The molecule has 15 heavy (non-hydrogen) atoms. The molecule has 2 rings (SSSR count). The Balaban J connectivity index is 2.22. The SMILES string of the molecule is Cc1cnc(Cc2ccccc2C)nc1. The van der Waals surface area contributed by atoms with Gasteiger partial charge >= 0.3 is 0 Å². The average molecular weight is 198 g/mol. The number of rotatable bonds is 2. The molecule has 2 aromatic rings. The van der Waals surface area contributed by atoms with Crippen LogP contribution in [-0.4, -0.2) is 9.97 Å². The lowest BCUT2D eigenvalue weighted by Gasteiger charge is -2.04. The molecule has 76 valence electrons. The summed E-state index contributed by atoms with van der Waals surface area (Å²) < 4.78 is 0. The predicted octanol–water partition coefficient (Wildman–Crippen LogP) is 2.68. The van der Waals surface area contributed by atoms with Crippen molar-refractivity contribution in [3.8, 4) is 0 Å². The van der Waals surface area contributed by atoms with E-state index in [1.807, 2.05) is 19.3 Å². The van der Waals surface area contributed by atoms with Gasteiger partial charge in [-0.05, 0) is 30.5 Å². The van der Waals surface area contributed by atoms with Crippen LogP contribution >= 0.6 is 0 Å². The normalized spacial score (nSPS) is 10.3. The van der Waals surface area contributed by atoms with Crippen LogP contribution in [0, 0.1) is 13.8 Å². The molecular formula is C13H14N2. The van der Waals surface area contributed by atoms with E-state index in [0.29, 0.717) is 0 Å². The molecule has 2 nitrogen and oxygen atoms in total. The van der Waals surface area contributed by atoms with Crippen LogP contribution in [0.3, 0.4) is 0 Å². The molecule has 0 bridgehead atoms. The summed E-state index contributed by atoms with van der Waals surface area (Å²) in [4.78, 5) is 8.61. The lowest BCUT2D eigenvalue weighted by atomic mass is 10.1. The highest BCUT2D eigenvalue weighted by molar-refractivity contribution is 5.28. The van der Waals surface area contributed by atoms with Crippen molar-refractivity contribution in [3.63, 3.8) is 0 Å². The summed E-state index contributed by atoms with van der Waals surface area (Å²) in [6.45, 7) is 4.11. The number of nitrogens with zero attached hydrogens (tertiary/aromatic N) is 2. The van der Waals surface area contributed by atoms with E-state index in [2.05, 4.69) is 41.2 Å². The van der Waals surface area contributed by atoms with Crippen LogP contribution in [0.5, 0.6) is 0 Å². The summed E-state index contributed by atoms with van der Waals surface area (Å²) in [5, 5.41) is 0. The number of aryl methyl sites for hydroxylation is 2. The third kappa shape index (κ3) is 2.40. The number of aromatic nitrogens is 2. The maximum Gasteiger partial charge on any atom is 0.132 e. The highest BCUT2D eigenvalue weighted by Crippen LogP contribution is 2.10. The summed E-state index contributed by atoms with van der Waals surface area (Å²) in [6, 6.07) is 8.34. The Morgan fingerprint density at radius 2 is 1.67 bits per heavy atom. The Bertz CT molecular complexity index is 446. The zero-order valence-electron chi connectivity index (χ0n) is 9.07. The molecule has 0 saturated heterocycles. The predicted molar refractivity (Wildman–Crippen MR) is 60.8 cm³/mol. The second-order valence-electron chi connectivity index (χ2n) is 3.78. The maximum absolute atomic E-state index is 4.30. The number of hydrogen-bond acceptors (Lipinski definition) is 2. The molecule has 1 aromatic carbocycles. The van der Waals surface area contributed by atoms with Crippen LogP contribution in [0.15, 0.2) is 36.7 Å². The molecule has 0 spiro atoms. The van der Waals surface area contributed by atoms with Crippen LogP contribution in [-0.2, 0) is 6.42 Å². The summed E-state index contributed by atoms with van der Waals surface area (Å²) >= 11 is 0. The van der Waals surface area contributed by atoms with Gasteiger partial charge in [0.25, 0.3) is 0 Å². The largest absolute Gasteiger partial charge is 0.241 e. The van der Waals surface area contributed by atoms with Crippen molar-refractivity contribution in [3.05, 3.63) is 59.2 Å². The van der Waals surface area contributed by atoms with Crippen LogP contribution in [0.4, 0.5) is 0 Å². The highest BCUT2D eigenvalue weighted by atomic mass is 14.9. The Labute approximate surface area is 90.0 Å². The fourth-order valence-electron chi connectivity index (χ4n) is 1.49. The van der Waals surface area contributed by atoms with E-state index in [0.717, 1.165) is 17.8 Å². The molecule has 0 aliphatic heterocycles. The minimum atomic E-state index is 0.812. The summed E-state index contributed by atoms with van der Waals surface area (Å²) in [5.41, 5.74) is 3.69. The van der Waals surface area contributed by atoms with E-state index >= 15 is 0 Å². The lowest BCUT2D eigenvalue weighted by Crippen LogP contribution is -1.97. The third-order valence-electron chi connectivity index (χ3n) is 2.44. The second-order valence-corrected chi connectivity index (χ2v) is 3.78. The van der Waals surface area contributed by atoms with Crippen LogP contribution in [0.25, 0.3) is 0 Å². The molecule has 1 aromatic heterocycles. The zero-order valence-corrected chi connectivity index (χ0v) is 9.07. The van der Waals surface area contributed by atoms with E-state index in [1.165, 1.54) is 11.1 Å². The third-order valence-corrected chi connectivity index (χ3v) is 2.44. The van der Waals surface area contributed by atoms with E-state index in [9.17, 15) is 0 Å². The first-order chi connectivity index (χ1) is 7.25. The zero-order chi connectivity index (χ0) is 10.7. The smallest absolute Gasteiger partial charge is 0.132 e. The van der Waals surface area contributed by atoms with Gasteiger partial charge in [-0.3, -0.25) is 0 Å². The lowest BCUT2D eigenvalue weighted by molar-refractivity contribution is 0.949. The van der Waals surface area contributed by atoms with Gasteiger partial charge in [0, 0.05) is 18.8 Å². The second kappa shape index (κ2) is 4.22. The van der Waals surface area contributed by atoms with Crippen molar-refractivity contribution in [1.29, 1.82) is 0 Å². The molecule has 2 heteroatoms. The van der Waals surface area contributed by atoms with Gasteiger partial charge in [-0.1, -0.05) is 24.3 Å². The Kier molecular flexibility index (Phi) is 2.77. The fraction of sp³-hybridized carbons (Fsp3) is 0.231. The van der Waals surface area contributed by atoms with Gasteiger partial charge in [0.15, 0.2) is 0 Å². The van der Waals surface area contributed by atoms with E-state index in [-0.39, 0.29) is 0 Å². The molecule has 0 fully saturated rings. The molecule has 0 aliphatic carbocycles. The fourth-order valence-corrected chi connectivity index (χ4v) is 1.49.